The van der Waals surface area contributed by atoms with Crippen LogP contribution in [0.5, 0.6) is 11.5 Å². The highest BCUT2D eigenvalue weighted by molar-refractivity contribution is 5.42. The normalized spacial score (nSPS) is 17.4. The van der Waals surface area contributed by atoms with Crippen LogP contribution >= 0.6 is 0 Å². The second-order valence-electron chi connectivity index (χ2n) is 5.19. The van der Waals surface area contributed by atoms with Gasteiger partial charge in [0.25, 0.3) is 0 Å². The predicted molar refractivity (Wildman–Crippen MR) is 77.9 cm³/mol. The molecule has 3 heteroatoms. The SMILES string of the molecule is CCNC(c1cc(OC)ccc1OC)C1CCCC1. The zero-order chi connectivity index (χ0) is 13.7. The van der Waals surface area contributed by atoms with Gasteiger partial charge in [0.05, 0.1) is 14.2 Å². The Morgan fingerprint density at radius 3 is 2.53 bits per heavy atom. The summed E-state index contributed by atoms with van der Waals surface area (Å²) in [6, 6.07) is 6.45. The molecule has 1 atom stereocenters. The van der Waals surface area contributed by atoms with Gasteiger partial charge in [0, 0.05) is 11.6 Å². The third-order valence-electron chi connectivity index (χ3n) is 4.07. The van der Waals surface area contributed by atoms with Gasteiger partial charge in [0.2, 0.25) is 0 Å². The second-order valence-corrected chi connectivity index (χ2v) is 5.19. The number of hydrogen-bond donors (Lipinski definition) is 1. The van der Waals surface area contributed by atoms with Crippen LogP contribution < -0.4 is 14.8 Å². The lowest BCUT2D eigenvalue weighted by atomic mass is 9.90. The smallest absolute Gasteiger partial charge is 0.123 e. The Hall–Kier alpha value is -1.22. The molecule has 0 saturated heterocycles. The number of benzene rings is 1. The number of methoxy groups -OCH3 is 2. The highest BCUT2D eigenvalue weighted by Crippen LogP contribution is 2.40. The van der Waals surface area contributed by atoms with Crippen molar-refractivity contribution in [2.45, 2.75) is 38.6 Å². The Bertz CT molecular complexity index is 400. The Morgan fingerprint density at radius 2 is 1.95 bits per heavy atom. The number of nitrogens with one attached hydrogen (secondary N) is 1. The minimum Gasteiger partial charge on any atom is -0.497 e. The molecule has 1 saturated carbocycles. The number of rotatable bonds is 6. The van der Waals surface area contributed by atoms with Gasteiger partial charge in [0.15, 0.2) is 0 Å². The monoisotopic (exact) mass is 263 g/mol. The average Bonchev–Trinajstić information content (AvgIpc) is 2.98. The van der Waals surface area contributed by atoms with E-state index in [9.17, 15) is 0 Å². The number of ether oxygens (including phenoxy) is 2. The van der Waals surface area contributed by atoms with Crippen LogP contribution in [0.4, 0.5) is 0 Å². The maximum atomic E-state index is 5.54. The summed E-state index contributed by atoms with van der Waals surface area (Å²) in [6.07, 6.45) is 5.30. The van der Waals surface area contributed by atoms with E-state index in [1.165, 1.54) is 31.2 Å². The van der Waals surface area contributed by atoms with Crippen LogP contribution in [-0.4, -0.2) is 20.8 Å². The van der Waals surface area contributed by atoms with Crippen LogP contribution in [0.25, 0.3) is 0 Å². The molecule has 0 aromatic heterocycles. The average molecular weight is 263 g/mol. The summed E-state index contributed by atoms with van der Waals surface area (Å²) in [4.78, 5) is 0. The maximum absolute atomic E-state index is 5.54. The van der Waals surface area contributed by atoms with Crippen LogP contribution in [0.1, 0.15) is 44.2 Å². The minimum atomic E-state index is 0.373. The zero-order valence-electron chi connectivity index (χ0n) is 12.2. The first-order chi connectivity index (χ1) is 9.30. The minimum absolute atomic E-state index is 0.373. The van der Waals surface area contributed by atoms with E-state index >= 15 is 0 Å². The van der Waals surface area contributed by atoms with Gasteiger partial charge < -0.3 is 14.8 Å². The highest BCUT2D eigenvalue weighted by Gasteiger charge is 2.28. The van der Waals surface area contributed by atoms with E-state index in [0.29, 0.717) is 12.0 Å². The quantitative estimate of drug-likeness (QED) is 0.851. The van der Waals surface area contributed by atoms with Gasteiger partial charge in [0.1, 0.15) is 11.5 Å². The fourth-order valence-electron chi connectivity index (χ4n) is 3.12. The zero-order valence-corrected chi connectivity index (χ0v) is 12.2. The lowest BCUT2D eigenvalue weighted by Gasteiger charge is -2.26. The fourth-order valence-corrected chi connectivity index (χ4v) is 3.12. The largest absolute Gasteiger partial charge is 0.497 e. The second kappa shape index (κ2) is 6.80. The molecule has 19 heavy (non-hydrogen) atoms. The summed E-state index contributed by atoms with van der Waals surface area (Å²) in [5, 5.41) is 3.63. The topological polar surface area (TPSA) is 30.5 Å². The standard InChI is InChI=1S/C16H25NO2/c1-4-17-16(12-7-5-6-8-12)14-11-13(18-2)9-10-15(14)19-3/h9-12,16-17H,4-8H2,1-3H3. The van der Waals surface area contributed by atoms with Gasteiger partial charge in [-0.3, -0.25) is 0 Å². The summed E-state index contributed by atoms with van der Waals surface area (Å²) in [6.45, 7) is 3.14. The summed E-state index contributed by atoms with van der Waals surface area (Å²) < 4.78 is 10.9. The van der Waals surface area contributed by atoms with E-state index in [0.717, 1.165) is 18.0 Å². The van der Waals surface area contributed by atoms with Crippen LogP contribution in [0.2, 0.25) is 0 Å². The molecule has 1 aromatic carbocycles. The summed E-state index contributed by atoms with van der Waals surface area (Å²) in [5.41, 5.74) is 1.23. The third-order valence-corrected chi connectivity index (χ3v) is 4.07. The van der Waals surface area contributed by atoms with Crippen molar-refractivity contribution >= 4 is 0 Å². The van der Waals surface area contributed by atoms with Crippen molar-refractivity contribution in [3.63, 3.8) is 0 Å². The Labute approximate surface area is 116 Å². The van der Waals surface area contributed by atoms with Gasteiger partial charge in [-0.1, -0.05) is 19.8 Å². The molecule has 1 aliphatic carbocycles. The molecule has 1 fully saturated rings. The van der Waals surface area contributed by atoms with Crippen molar-refractivity contribution in [2.75, 3.05) is 20.8 Å². The lowest BCUT2D eigenvalue weighted by Crippen LogP contribution is -2.27. The molecule has 0 amide bonds. The highest BCUT2D eigenvalue weighted by atomic mass is 16.5. The molecule has 1 unspecified atom stereocenters. The fraction of sp³-hybridized carbons (Fsp3) is 0.625. The van der Waals surface area contributed by atoms with E-state index < -0.39 is 0 Å². The predicted octanol–water partition coefficient (Wildman–Crippen LogP) is 3.54. The van der Waals surface area contributed by atoms with Crippen molar-refractivity contribution in [1.82, 2.24) is 5.32 Å². The van der Waals surface area contributed by atoms with Crippen molar-refractivity contribution < 1.29 is 9.47 Å². The van der Waals surface area contributed by atoms with E-state index in [4.69, 9.17) is 9.47 Å². The van der Waals surface area contributed by atoms with Gasteiger partial charge >= 0.3 is 0 Å². The third kappa shape index (κ3) is 3.21. The first-order valence-electron chi connectivity index (χ1n) is 7.25. The Morgan fingerprint density at radius 1 is 1.21 bits per heavy atom. The summed E-state index contributed by atoms with van der Waals surface area (Å²) in [5.74, 6) is 2.57. The molecule has 3 nitrogen and oxygen atoms in total. The van der Waals surface area contributed by atoms with Crippen LogP contribution in [0.3, 0.4) is 0 Å². The molecular weight excluding hydrogens is 238 g/mol. The van der Waals surface area contributed by atoms with E-state index in [1.54, 1.807) is 14.2 Å². The van der Waals surface area contributed by atoms with Crippen molar-refractivity contribution in [3.05, 3.63) is 23.8 Å². The van der Waals surface area contributed by atoms with Crippen molar-refractivity contribution in [2.24, 2.45) is 5.92 Å². The van der Waals surface area contributed by atoms with Crippen molar-refractivity contribution in [3.8, 4) is 11.5 Å². The molecule has 1 aromatic rings. The van der Waals surface area contributed by atoms with Crippen LogP contribution in [0, 0.1) is 5.92 Å². The lowest BCUT2D eigenvalue weighted by molar-refractivity contribution is 0.345. The van der Waals surface area contributed by atoms with Gasteiger partial charge in [-0.15, -0.1) is 0 Å². The van der Waals surface area contributed by atoms with Crippen LogP contribution in [0.15, 0.2) is 18.2 Å². The van der Waals surface area contributed by atoms with Crippen molar-refractivity contribution in [1.29, 1.82) is 0 Å². The summed E-state index contributed by atoms with van der Waals surface area (Å²) >= 11 is 0. The van der Waals surface area contributed by atoms with E-state index in [-0.39, 0.29) is 0 Å². The van der Waals surface area contributed by atoms with Gasteiger partial charge in [-0.05, 0) is 43.5 Å². The van der Waals surface area contributed by atoms with Crippen LogP contribution in [-0.2, 0) is 0 Å². The first kappa shape index (κ1) is 14.2. The molecule has 1 N–H and O–H groups in total. The first-order valence-corrected chi connectivity index (χ1v) is 7.25. The molecule has 2 rings (SSSR count). The number of hydrogen-bond acceptors (Lipinski definition) is 3. The van der Waals surface area contributed by atoms with E-state index in [2.05, 4.69) is 18.3 Å². The Kier molecular flexibility index (Phi) is 5.08. The molecular formula is C16H25NO2. The molecule has 0 heterocycles. The molecule has 0 bridgehead atoms. The van der Waals surface area contributed by atoms with Gasteiger partial charge in [-0.2, -0.15) is 0 Å². The molecule has 0 aliphatic heterocycles. The molecule has 1 aliphatic rings. The molecule has 106 valence electrons. The molecule has 0 radical (unpaired) electrons. The Balaban J connectivity index is 2.32. The maximum Gasteiger partial charge on any atom is 0.123 e. The van der Waals surface area contributed by atoms with Gasteiger partial charge in [-0.25, -0.2) is 0 Å². The summed E-state index contributed by atoms with van der Waals surface area (Å²) in [7, 11) is 3.45. The molecule has 0 spiro atoms. The van der Waals surface area contributed by atoms with E-state index in [1.807, 2.05) is 12.1 Å².